The van der Waals surface area contributed by atoms with Gasteiger partial charge in [-0.3, -0.25) is 14.2 Å². The Balaban J connectivity index is 1.96. The first-order valence-electron chi connectivity index (χ1n) is 5.69. The molecule has 96 valence electrons. The van der Waals surface area contributed by atoms with Crippen LogP contribution in [0, 0.1) is 13.8 Å². The number of amides is 1. The molecule has 19 heavy (non-hydrogen) atoms. The van der Waals surface area contributed by atoms with Gasteiger partial charge in [0.05, 0.1) is 11.9 Å². The number of aromatic nitrogens is 4. The predicted molar refractivity (Wildman–Crippen MR) is 72.5 cm³/mol. The highest BCUT2D eigenvalue weighted by Gasteiger charge is 2.18. The van der Waals surface area contributed by atoms with Crippen LogP contribution in [0.2, 0.25) is 0 Å². The fourth-order valence-corrected chi connectivity index (χ4v) is 2.90. The summed E-state index contributed by atoms with van der Waals surface area (Å²) in [5.74, 6) is 0.629. The van der Waals surface area contributed by atoms with Crippen molar-refractivity contribution in [2.45, 2.75) is 13.8 Å². The average molecular weight is 273 g/mol. The zero-order valence-corrected chi connectivity index (χ0v) is 11.2. The van der Waals surface area contributed by atoms with Gasteiger partial charge in [0, 0.05) is 11.9 Å². The molecule has 1 N–H and O–H groups in total. The van der Waals surface area contributed by atoms with Crippen LogP contribution < -0.4 is 5.32 Å². The molecule has 0 saturated carbocycles. The van der Waals surface area contributed by atoms with E-state index in [1.165, 1.54) is 11.3 Å². The minimum Gasteiger partial charge on any atom is -0.320 e. The van der Waals surface area contributed by atoms with E-state index in [2.05, 4.69) is 20.5 Å². The van der Waals surface area contributed by atoms with E-state index in [0.717, 1.165) is 16.5 Å². The van der Waals surface area contributed by atoms with Gasteiger partial charge in [0.25, 0.3) is 5.91 Å². The standard InChI is InChI=1S/C12H11N5OS/c1-7-10(19-12-16-15-8(2)17(7)12)11(18)14-9-4-3-5-13-6-9/h3-6H,1-2H3,(H,14,18). The van der Waals surface area contributed by atoms with Crippen LogP contribution in [0.5, 0.6) is 0 Å². The van der Waals surface area contributed by atoms with Crippen molar-refractivity contribution in [3.8, 4) is 0 Å². The van der Waals surface area contributed by atoms with E-state index in [0.29, 0.717) is 10.6 Å². The van der Waals surface area contributed by atoms with E-state index in [-0.39, 0.29) is 5.91 Å². The van der Waals surface area contributed by atoms with Crippen LogP contribution >= 0.6 is 11.3 Å². The summed E-state index contributed by atoms with van der Waals surface area (Å²) in [4.78, 5) is 17.5. The molecule has 0 fully saturated rings. The smallest absolute Gasteiger partial charge is 0.267 e. The van der Waals surface area contributed by atoms with Gasteiger partial charge >= 0.3 is 0 Å². The summed E-state index contributed by atoms with van der Waals surface area (Å²) in [6, 6.07) is 3.57. The first-order chi connectivity index (χ1) is 9.16. The Kier molecular flexibility index (Phi) is 2.75. The number of nitrogens with one attached hydrogen (secondary N) is 1. The Morgan fingerprint density at radius 3 is 2.89 bits per heavy atom. The number of nitrogens with zero attached hydrogens (tertiary/aromatic N) is 4. The molecule has 0 aliphatic carbocycles. The van der Waals surface area contributed by atoms with Crippen molar-refractivity contribution in [2.24, 2.45) is 0 Å². The second-order valence-corrected chi connectivity index (χ2v) is 5.06. The van der Waals surface area contributed by atoms with Crippen molar-refractivity contribution in [3.05, 3.63) is 40.9 Å². The average Bonchev–Trinajstić information content (AvgIpc) is 2.93. The summed E-state index contributed by atoms with van der Waals surface area (Å²) < 4.78 is 1.88. The molecular formula is C12H11N5OS. The Bertz CT molecular complexity index is 746. The zero-order chi connectivity index (χ0) is 13.4. The third-order valence-electron chi connectivity index (χ3n) is 2.78. The number of hydrogen-bond acceptors (Lipinski definition) is 5. The lowest BCUT2D eigenvalue weighted by molar-refractivity contribution is 0.102. The summed E-state index contributed by atoms with van der Waals surface area (Å²) in [5.41, 5.74) is 1.52. The van der Waals surface area contributed by atoms with Crippen molar-refractivity contribution in [1.82, 2.24) is 19.6 Å². The summed E-state index contributed by atoms with van der Waals surface area (Å²) in [7, 11) is 0. The molecule has 7 heteroatoms. The molecule has 0 aromatic carbocycles. The van der Waals surface area contributed by atoms with Crippen molar-refractivity contribution in [1.29, 1.82) is 0 Å². The van der Waals surface area contributed by atoms with Crippen LogP contribution in [0.3, 0.4) is 0 Å². The van der Waals surface area contributed by atoms with Gasteiger partial charge in [0.1, 0.15) is 10.7 Å². The Labute approximate surface area is 113 Å². The zero-order valence-electron chi connectivity index (χ0n) is 10.4. The molecule has 0 unspecified atom stereocenters. The number of thiazole rings is 1. The van der Waals surface area contributed by atoms with Crippen LogP contribution in [0.4, 0.5) is 5.69 Å². The Morgan fingerprint density at radius 1 is 1.37 bits per heavy atom. The van der Waals surface area contributed by atoms with Gasteiger partial charge in [-0.1, -0.05) is 11.3 Å². The maximum atomic E-state index is 12.2. The predicted octanol–water partition coefficient (Wildman–Crippen LogP) is 2.05. The molecule has 0 aliphatic rings. The molecular weight excluding hydrogens is 262 g/mol. The van der Waals surface area contributed by atoms with Gasteiger partial charge in [0.15, 0.2) is 0 Å². The minimum absolute atomic E-state index is 0.152. The quantitative estimate of drug-likeness (QED) is 0.775. The molecule has 0 spiro atoms. The van der Waals surface area contributed by atoms with Gasteiger partial charge in [-0.25, -0.2) is 0 Å². The van der Waals surface area contributed by atoms with Gasteiger partial charge in [-0.2, -0.15) is 0 Å². The van der Waals surface area contributed by atoms with E-state index in [9.17, 15) is 4.79 Å². The van der Waals surface area contributed by atoms with E-state index >= 15 is 0 Å². The van der Waals surface area contributed by atoms with Gasteiger partial charge < -0.3 is 5.32 Å². The van der Waals surface area contributed by atoms with Crippen molar-refractivity contribution in [3.63, 3.8) is 0 Å². The third kappa shape index (κ3) is 1.97. The lowest BCUT2D eigenvalue weighted by atomic mass is 10.3. The SMILES string of the molecule is Cc1nnc2sc(C(=O)Nc3cccnc3)c(C)n12. The first-order valence-corrected chi connectivity index (χ1v) is 6.51. The third-order valence-corrected chi connectivity index (χ3v) is 3.91. The molecule has 6 nitrogen and oxygen atoms in total. The summed E-state index contributed by atoms with van der Waals surface area (Å²) >= 11 is 1.33. The van der Waals surface area contributed by atoms with E-state index in [1.807, 2.05) is 18.2 Å². The number of hydrogen-bond donors (Lipinski definition) is 1. The molecule has 3 rings (SSSR count). The molecule has 3 aromatic heterocycles. The van der Waals surface area contributed by atoms with Crippen molar-refractivity contribution >= 4 is 27.9 Å². The maximum absolute atomic E-state index is 12.2. The molecule has 3 aromatic rings. The van der Waals surface area contributed by atoms with Gasteiger partial charge in [-0.15, -0.1) is 10.2 Å². The van der Waals surface area contributed by atoms with Crippen LogP contribution in [0.1, 0.15) is 21.2 Å². The molecule has 0 atom stereocenters. The highest BCUT2D eigenvalue weighted by molar-refractivity contribution is 7.19. The van der Waals surface area contributed by atoms with Gasteiger partial charge in [-0.05, 0) is 26.0 Å². The van der Waals surface area contributed by atoms with E-state index in [1.54, 1.807) is 24.5 Å². The highest BCUT2D eigenvalue weighted by Crippen LogP contribution is 2.23. The summed E-state index contributed by atoms with van der Waals surface area (Å²) in [6.45, 7) is 3.75. The Hall–Kier alpha value is -2.28. The van der Waals surface area contributed by atoms with E-state index in [4.69, 9.17) is 0 Å². The van der Waals surface area contributed by atoms with Gasteiger partial charge in [0.2, 0.25) is 4.96 Å². The van der Waals surface area contributed by atoms with Crippen molar-refractivity contribution < 1.29 is 4.79 Å². The number of carbonyl (C=O) groups excluding carboxylic acids is 1. The molecule has 0 saturated heterocycles. The van der Waals surface area contributed by atoms with Crippen molar-refractivity contribution in [2.75, 3.05) is 5.32 Å². The molecule has 0 aliphatic heterocycles. The second kappa shape index (κ2) is 4.43. The Morgan fingerprint density at radius 2 is 2.21 bits per heavy atom. The highest BCUT2D eigenvalue weighted by atomic mass is 32.1. The van der Waals surface area contributed by atoms with Crippen LogP contribution in [-0.4, -0.2) is 25.5 Å². The lowest BCUT2D eigenvalue weighted by Gasteiger charge is -2.03. The van der Waals surface area contributed by atoms with Crippen LogP contribution in [0.15, 0.2) is 24.5 Å². The summed E-state index contributed by atoms with van der Waals surface area (Å²) in [5, 5.41) is 10.8. The number of carbonyl (C=O) groups is 1. The molecule has 0 bridgehead atoms. The summed E-state index contributed by atoms with van der Waals surface area (Å²) in [6.07, 6.45) is 3.27. The molecule has 0 radical (unpaired) electrons. The topological polar surface area (TPSA) is 72.2 Å². The molecule has 1 amide bonds. The lowest BCUT2D eigenvalue weighted by Crippen LogP contribution is -2.12. The largest absolute Gasteiger partial charge is 0.320 e. The number of aryl methyl sites for hydroxylation is 2. The number of anilines is 1. The number of pyridine rings is 1. The monoisotopic (exact) mass is 273 g/mol. The normalized spacial score (nSPS) is 10.8. The molecule has 3 heterocycles. The second-order valence-electron chi connectivity index (χ2n) is 4.08. The number of fused-ring (bicyclic) bond motifs is 1. The first kappa shape index (κ1) is 11.8. The van der Waals surface area contributed by atoms with Crippen LogP contribution in [0.25, 0.3) is 4.96 Å². The fourth-order valence-electron chi connectivity index (χ4n) is 1.90. The van der Waals surface area contributed by atoms with Crippen LogP contribution in [-0.2, 0) is 0 Å². The fraction of sp³-hybridized carbons (Fsp3) is 0.167. The van der Waals surface area contributed by atoms with E-state index < -0.39 is 0 Å². The number of rotatable bonds is 2. The minimum atomic E-state index is -0.152. The maximum Gasteiger partial charge on any atom is 0.267 e.